The molecule has 2 aromatic rings. The maximum absolute atomic E-state index is 14.0. The molecule has 0 bridgehead atoms. The minimum absolute atomic E-state index is 0.0162. The van der Waals surface area contributed by atoms with Crippen LogP contribution in [-0.2, 0) is 26.9 Å². The molecule has 1 N–H and O–H groups in total. The van der Waals surface area contributed by atoms with Gasteiger partial charge in [0.05, 0.1) is 18.8 Å². The van der Waals surface area contributed by atoms with Gasteiger partial charge in [0.2, 0.25) is 0 Å². The Balaban J connectivity index is 1.91. The van der Waals surface area contributed by atoms with E-state index in [-0.39, 0.29) is 17.7 Å². The van der Waals surface area contributed by atoms with Gasteiger partial charge in [0.25, 0.3) is 5.91 Å². The van der Waals surface area contributed by atoms with Crippen molar-refractivity contribution >= 4 is 17.6 Å². The lowest BCUT2D eigenvalue weighted by Gasteiger charge is -2.32. The third kappa shape index (κ3) is 4.55. The van der Waals surface area contributed by atoms with E-state index in [0.717, 1.165) is 12.5 Å². The summed E-state index contributed by atoms with van der Waals surface area (Å²) in [6.45, 7) is 1.83. The van der Waals surface area contributed by atoms with E-state index in [1.807, 2.05) is 0 Å². The number of hydrogen-bond acceptors (Lipinski definition) is 5. The summed E-state index contributed by atoms with van der Waals surface area (Å²) < 4.78 is 52.7. The summed E-state index contributed by atoms with van der Waals surface area (Å²) in [6.07, 6.45) is -5.11. The number of fused-ring (bicyclic) bond motifs is 1. The Morgan fingerprint density at radius 1 is 1.15 bits per heavy atom. The number of methoxy groups -OCH3 is 1. The van der Waals surface area contributed by atoms with Crippen LogP contribution in [0.5, 0.6) is 5.75 Å². The van der Waals surface area contributed by atoms with E-state index < -0.39 is 41.8 Å². The van der Waals surface area contributed by atoms with E-state index in [0.29, 0.717) is 24.3 Å². The maximum atomic E-state index is 14.0. The van der Waals surface area contributed by atoms with Crippen molar-refractivity contribution in [1.82, 2.24) is 5.32 Å². The first kappa shape index (κ1) is 23.1. The van der Waals surface area contributed by atoms with Crippen LogP contribution in [0.3, 0.4) is 0 Å². The zero-order valence-electron chi connectivity index (χ0n) is 18.3. The molecule has 9 heteroatoms. The molecule has 2 aliphatic heterocycles. The second-order valence-electron chi connectivity index (χ2n) is 8.24. The van der Waals surface area contributed by atoms with Gasteiger partial charge in [-0.15, -0.1) is 0 Å². The quantitative estimate of drug-likeness (QED) is 0.695. The van der Waals surface area contributed by atoms with Crippen molar-refractivity contribution in [3.05, 3.63) is 59.2 Å². The smallest absolute Gasteiger partial charge is 0.416 e. The van der Waals surface area contributed by atoms with Gasteiger partial charge >= 0.3 is 12.1 Å². The molecule has 0 unspecified atom stereocenters. The summed E-state index contributed by atoms with van der Waals surface area (Å²) in [4.78, 5) is 27.1. The molecule has 0 saturated carbocycles. The van der Waals surface area contributed by atoms with Crippen molar-refractivity contribution in [2.45, 2.75) is 50.6 Å². The molecular weight excluding hydrogens is 437 g/mol. The maximum Gasteiger partial charge on any atom is 0.416 e. The predicted octanol–water partition coefficient (Wildman–Crippen LogP) is 4.03. The minimum atomic E-state index is -4.60. The molecule has 0 aliphatic carbocycles. The van der Waals surface area contributed by atoms with Gasteiger partial charge in [0.15, 0.2) is 6.10 Å². The Hall–Kier alpha value is -3.07. The summed E-state index contributed by atoms with van der Waals surface area (Å²) in [6, 6.07) is 10.6. The Bertz CT molecular complexity index is 1030. The molecule has 0 aromatic heterocycles. The zero-order valence-corrected chi connectivity index (χ0v) is 18.3. The fourth-order valence-corrected chi connectivity index (χ4v) is 4.70. The van der Waals surface area contributed by atoms with Crippen LogP contribution in [-0.4, -0.2) is 37.8 Å². The predicted molar refractivity (Wildman–Crippen MR) is 115 cm³/mol. The van der Waals surface area contributed by atoms with Crippen molar-refractivity contribution in [2.75, 3.05) is 18.6 Å². The van der Waals surface area contributed by atoms with Crippen LogP contribution in [0.1, 0.15) is 42.4 Å². The highest BCUT2D eigenvalue weighted by molar-refractivity contribution is 6.00. The minimum Gasteiger partial charge on any atom is -0.497 e. The number of benzene rings is 2. The average Bonchev–Trinajstić information content (AvgIpc) is 3.26. The van der Waals surface area contributed by atoms with Crippen LogP contribution < -0.4 is 15.0 Å². The highest BCUT2D eigenvalue weighted by Crippen LogP contribution is 2.43. The SMILES string of the molecule is COc1ccc([C@@H]2Cc3c(cccc3C(F)(F)F)N([C@@H]3CCCN3)C(=O)[C@@H]2OC(C)=O)cc1. The monoisotopic (exact) mass is 462 g/mol. The van der Waals surface area contributed by atoms with Gasteiger partial charge in [0, 0.05) is 18.5 Å². The molecule has 6 nitrogen and oxygen atoms in total. The summed E-state index contributed by atoms with van der Waals surface area (Å²) in [7, 11) is 1.50. The van der Waals surface area contributed by atoms with Crippen LogP contribution in [0.2, 0.25) is 0 Å². The lowest BCUT2D eigenvalue weighted by Crippen LogP contribution is -2.51. The lowest BCUT2D eigenvalue weighted by atomic mass is 9.86. The van der Waals surface area contributed by atoms with Crippen LogP contribution in [0, 0.1) is 0 Å². The number of esters is 1. The van der Waals surface area contributed by atoms with E-state index in [1.54, 1.807) is 24.3 Å². The number of anilines is 1. The number of carbonyl (C=O) groups excluding carboxylic acids is 2. The Labute approximate surface area is 189 Å². The molecule has 2 aromatic carbocycles. The molecule has 1 saturated heterocycles. The average molecular weight is 462 g/mol. The number of amides is 1. The molecule has 3 atom stereocenters. The van der Waals surface area contributed by atoms with Crippen molar-refractivity contribution in [3.63, 3.8) is 0 Å². The molecule has 1 amide bonds. The number of carbonyl (C=O) groups is 2. The van der Waals surface area contributed by atoms with Crippen LogP contribution in [0.15, 0.2) is 42.5 Å². The summed E-state index contributed by atoms with van der Waals surface area (Å²) in [5.41, 5.74) is 0.00208. The van der Waals surface area contributed by atoms with Gasteiger partial charge in [-0.1, -0.05) is 18.2 Å². The third-order valence-electron chi connectivity index (χ3n) is 6.17. The standard InChI is InChI=1S/C24H25F3N2O4/c1-14(30)33-22-17(15-8-10-16(32-2)11-9-15)13-18-19(24(25,26)27)5-3-6-20(18)29(23(22)31)21-7-4-12-28-21/h3,5-6,8-11,17,21-22,28H,4,7,12-13H2,1-2H3/t17-,21+,22+/m0/s1. The lowest BCUT2D eigenvalue weighted by molar-refractivity contribution is -0.154. The highest BCUT2D eigenvalue weighted by atomic mass is 19.4. The number of nitrogens with zero attached hydrogens (tertiary/aromatic N) is 1. The molecule has 2 aliphatic rings. The van der Waals surface area contributed by atoms with Crippen molar-refractivity contribution in [3.8, 4) is 5.75 Å². The van der Waals surface area contributed by atoms with Crippen LogP contribution in [0.4, 0.5) is 18.9 Å². The number of ether oxygens (including phenoxy) is 2. The number of rotatable bonds is 4. The normalized spacial score (nSPS) is 23.1. The van der Waals surface area contributed by atoms with Crippen LogP contribution >= 0.6 is 0 Å². The summed E-state index contributed by atoms with van der Waals surface area (Å²) >= 11 is 0. The van der Waals surface area contributed by atoms with Gasteiger partial charge in [-0.3, -0.25) is 19.8 Å². The van der Waals surface area contributed by atoms with E-state index in [2.05, 4.69) is 5.32 Å². The summed E-state index contributed by atoms with van der Waals surface area (Å²) in [5, 5.41) is 3.19. The Morgan fingerprint density at radius 3 is 2.45 bits per heavy atom. The van der Waals surface area contributed by atoms with Crippen molar-refractivity contribution in [2.24, 2.45) is 0 Å². The van der Waals surface area contributed by atoms with Gasteiger partial charge in [-0.05, 0) is 61.2 Å². The van der Waals surface area contributed by atoms with Crippen molar-refractivity contribution < 1.29 is 32.2 Å². The third-order valence-corrected chi connectivity index (χ3v) is 6.17. The van der Waals surface area contributed by atoms with Crippen LogP contribution in [0.25, 0.3) is 0 Å². The number of alkyl halides is 3. The van der Waals surface area contributed by atoms with E-state index in [9.17, 15) is 22.8 Å². The number of hydrogen-bond donors (Lipinski definition) is 1. The fraction of sp³-hybridized carbons (Fsp3) is 0.417. The molecule has 176 valence electrons. The fourth-order valence-electron chi connectivity index (χ4n) is 4.70. The first-order valence-electron chi connectivity index (χ1n) is 10.8. The highest BCUT2D eigenvalue weighted by Gasteiger charge is 2.46. The Morgan fingerprint density at radius 2 is 1.88 bits per heavy atom. The van der Waals surface area contributed by atoms with Gasteiger partial charge < -0.3 is 9.47 Å². The van der Waals surface area contributed by atoms with Gasteiger partial charge in [-0.2, -0.15) is 13.2 Å². The Kier molecular flexibility index (Phi) is 6.34. The summed E-state index contributed by atoms with van der Waals surface area (Å²) in [5.74, 6) is -1.45. The molecule has 33 heavy (non-hydrogen) atoms. The first-order chi connectivity index (χ1) is 15.7. The number of halogens is 3. The molecule has 0 radical (unpaired) electrons. The van der Waals surface area contributed by atoms with E-state index >= 15 is 0 Å². The molecule has 2 heterocycles. The molecular formula is C24H25F3N2O4. The largest absolute Gasteiger partial charge is 0.497 e. The second kappa shape index (κ2) is 9.05. The van der Waals surface area contributed by atoms with Gasteiger partial charge in [0.1, 0.15) is 5.75 Å². The topological polar surface area (TPSA) is 67.9 Å². The van der Waals surface area contributed by atoms with Gasteiger partial charge in [-0.25, -0.2) is 0 Å². The molecule has 1 fully saturated rings. The number of nitrogens with one attached hydrogen (secondary N) is 1. The second-order valence-corrected chi connectivity index (χ2v) is 8.24. The van der Waals surface area contributed by atoms with Crippen molar-refractivity contribution in [1.29, 1.82) is 0 Å². The first-order valence-corrected chi connectivity index (χ1v) is 10.8. The zero-order chi connectivity index (χ0) is 23.8. The van der Waals surface area contributed by atoms with E-state index in [1.165, 1.54) is 31.1 Å². The van der Waals surface area contributed by atoms with E-state index in [4.69, 9.17) is 9.47 Å². The molecule has 4 rings (SSSR count). The molecule has 0 spiro atoms.